The van der Waals surface area contributed by atoms with E-state index in [1.54, 1.807) is 0 Å². The van der Waals surface area contributed by atoms with Gasteiger partial charge in [0.05, 0.1) is 37.6 Å². The Kier molecular flexibility index (Phi) is 12.3. The highest BCUT2D eigenvalue weighted by molar-refractivity contribution is 5.02. The van der Waals surface area contributed by atoms with Gasteiger partial charge in [-0.25, -0.2) is 0 Å². The molecule has 258 valence electrons. The van der Waals surface area contributed by atoms with Gasteiger partial charge in [-0.1, -0.05) is 0 Å². The second-order valence-electron chi connectivity index (χ2n) is 11.8. The van der Waals surface area contributed by atoms with Crippen LogP contribution in [0.3, 0.4) is 0 Å². The highest BCUT2D eigenvalue weighted by Gasteiger charge is 2.54. The SMILES string of the molecule is CC1OC(OC2C(CO)OC(OC3C(CO)OC(O)C(O)C3O)C(O)C2O)C(O)C(O)C1NC1CC(CO)C(O)C(O)C1O. The van der Waals surface area contributed by atoms with E-state index in [0.717, 1.165) is 0 Å². The summed E-state index contributed by atoms with van der Waals surface area (Å²) in [6, 6.07) is -1.96. The molecule has 20 unspecified atom stereocenters. The minimum Gasteiger partial charge on any atom is -0.396 e. The summed E-state index contributed by atoms with van der Waals surface area (Å²) < 4.78 is 27.4. The van der Waals surface area contributed by atoms with Crippen molar-refractivity contribution in [2.75, 3.05) is 19.8 Å². The van der Waals surface area contributed by atoms with E-state index in [0.29, 0.717) is 0 Å². The third-order valence-electron chi connectivity index (χ3n) is 8.89. The predicted octanol–water partition coefficient (Wildman–Crippen LogP) is -8.48. The molecule has 0 spiro atoms. The molecule has 4 fully saturated rings. The summed E-state index contributed by atoms with van der Waals surface area (Å²) in [7, 11) is 0. The molecule has 3 saturated heterocycles. The van der Waals surface area contributed by atoms with E-state index in [2.05, 4.69) is 5.32 Å². The number of hydrogen-bond acceptors (Lipinski definition) is 19. The van der Waals surface area contributed by atoms with Crippen molar-refractivity contribution in [1.29, 1.82) is 0 Å². The molecule has 0 radical (unpaired) electrons. The molecule has 0 aromatic heterocycles. The van der Waals surface area contributed by atoms with Gasteiger partial charge in [0.2, 0.25) is 0 Å². The molecular weight excluding hydrogens is 602 g/mol. The summed E-state index contributed by atoms with van der Waals surface area (Å²) in [5.41, 5.74) is 0. The molecule has 3 heterocycles. The Bertz CT molecular complexity index is 901. The molecular formula is C25H45NO18. The number of hydrogen-bond donors (Lipinski definition) is 14. The van der Waals surface area contributed by atoms with Crippen molar-refractivity contribution in [3.05, 3.63) is 0 Å². The largest absolute Gasteiger partial charge is 0.396 e. The molecule has 1 aliphatic carbocycles. The number of aliphatic hydroxyl groups is 13. The van der Waals surface area contributed by atoms with Crippen molar-refractivity contribution in [3.8, 4) is 0 Å². The molecule has 19 nitrogen and oxygen atoms in total. The summed E-state index contributed by atoms with van der Waals surface area (Å²) in [6.07, 6.45) is -27.4. The number of ether oxygens (including phenoxy) is 5. The summed E-state index contributed by atoms with van der Waals surface area (Å²) in [4.78, 5) is 0. The minimum atomic E-state index is -1.93. The summed E-state index contributed by atoms with van der Waals surface area (Å²) in [5, 5.41) is 136. The molecule has 0 amide bonds. The second-order valence-corrected chi connectivity index (χ2v) is 11.8. The van der Waals surface area contributed by atoms with Crippen LogP contribution in [0.4, 0.5) is 0 Å². The maximum absolute atomic E-state index is 10.9. The molecule has 0 aromatic rings. The summed E-state index contributed by atoms with van der Waals surface area (Å²) in [5.74, 6) is -0.772. The zero-order valence-corrected chi connectivity index (χ0v) is 23.7. The fourth-order valence-corrected chi connectivity index (χ4v) is 6.17. The molecule has 3 aliphatic heterocycles. The van der Waals surface area contributed by atoms with Crippen molar-refractivity contribution >= 4 is 0 Å². The van der Waals surface area contributed by atoms with Crippen LogP contribution >= 0.6 is 0 Å². The lowest BCUT2D eigenvalue weighted by molar-refractivity contribution is -0.374. The Hall–Kier alpha value is -0.760. The highest BCUT2D eigenvalue weighted by Crippen LogP contribution is 2.33. The van der Waals surface area contributed by atoms with Crippen LogP contribution in [-0.2, 0) is 23.7 Å². The normalized spacial score (nSPS) is 53.9. The smallest absolute Gasteiger partial charge is 0.187 e. The molecule has 4 aliphatic rings. The standard InChI is InChI=1S/C25H45NO18/c1-6-11(26-8-2-7(3-27)12(30)15(33)13(8)31)14(32)19(37)24(40-6)43-22-10(5-29)42-25(20(38)17(22)35)44-21-9(4-28)41-23(39)18(36)16(21)34/h6-39H,2-5H2,1H3. The van der Waals surface area contributed by atoms with Gasteiger partial charge in [-0.2, -0.15) is 0 Å². The molecule has 20 atom stereocenters. The highest BCUT2D eigenvalue weighted by atomic mass is 16.7. The first-order valence-electron chi connectivity index (χ1n) is 14.4. The van der Waals surface area contributed by atoms with E-state index in [1.807, 2.05) is 0 Å². The molecule has 44 heavy (non-hydrogen) atoms. The maximum atomic E-state index is 10.9. The maximum Gasteiger partial charge on any atom is 0.187 e. The number of nitrogens with one attached hydrogen (secondary N) is 1. The van der Waals surface area contributed by atoms with E-state index >= 15 is 0 Å². The van der Waals surface area contributed by atoms with E-state index in [-0.39, 0.29) is 6.42 Å². The Morgan fingerprint density at radius 1 is 0.568 bits per heavy atom. The van der Waals surface area contributed by atoms with Crippen molar-refractivity contribution in [2.24, 2.45) is 5.92 Å². The van der Waals surface area contributed by atoms with Gasteiger partial charge in [0.1, 0.15) is 67.1 Å². The topological polar surface area (TPSA) is 321 Å². The van der Waals surface area contributed by atoms with Crippen molar-refractivity contribution in [1.82, 2.24) is 5.32 Å². The molecule has 4 rings (SSSR count). The Morgan fingerprint density at radius 2 is 1.09 bits per heavy atom. The zero-order valence-electron chi connectivity index (χ0n) is 23.7. The van der Waals surface area contributed by atoms with Gasteiger partial charge >= 0.3 is 0 Å². The molecule has 0 aromatic carbocycles. The Balaban J connectivity index is 1.41. The quantitative estimate of drug-likeness (QED) is 0.110. The Morgan fingerprint density at radius 3 is 1.66 bits per heavy atom. The van der Waals surface area contributed by atoms with Crippen molar-refractivity contribution in [2.45, 2.75) is 130 Å². The van der Waals surface area contributed by atoms with Gasteiger partial charge in [-0.15, -0.1) is 0 Å². The fourth-order valence-electron chi connectivity index (χ4n) is 6.17. The van der Waals surface area contributed by atoms with Gasteiger partial charge in [0.15, 0.2) is 18.9 Å². The van der Waals surface area contributed by atoms with Gasteiger partial charge in [-0.3, -0.25) is 0 Å². The second kappa shape index (κ2) is 15.0. The van der Waals surface area contributed by atoms with Gasteiger partial charge in [-0.05, 0) is 13.3 Å². The fraction of sp³-hybridized carbons (Fsp3) is 1.00. The van der Waals surface area contributed by atoms with Crippen molar-refractivity contribution in [3.63, 3.8) is 0 Å². The van der Waals surface area contributed by atoms with Crippen LogP contribution in [0, 0.1) is 5.92 Å². The zero-order chi connectivity index (χ0) is 32.6. The first-order chi connectivity index (χ1) is 20.7. The number of rotatable bonds is 9. The minimum absolute atomic E-state index is 0.0232. The van der Waals surface area contributed by atoms with Crippen LogP contribution in [0.1, 0.15) is 13.3 Å². The van der Waals surface area contributed by atoms with Crippen LogP contribution in [0.5, 0.6) is 0 Å². The lowest BCUT2D eigenvalue weighted by Crippen LogP contribution is -2.69. The lowest BCUT2D eigenvalue weighted by atomic mass is 9.79. The van der Waals surface area contributed by atoms with Gasteiger partial charge in [0, 0.05) is 18.6 Å². The first-order valence-corrected chi connectivity index (χ1v) is 14.4. The van der Waals surface area contributed by atoms with Crippen LogP contribution in [-0.4, -0.2) is 203 Å². The monoisotopic (exact) mass is 647 g/mol. The summed E-state index contributed by atoms with van der Waals surface area (Å²) >= 11 is 0. The van der Waals surface area contributed by atoms with E-state index in [4.69, 9.17) is 23.7 Å². The summed E-state index contributed by atoms with van der Waals surface area (Å²) in [6.45, 7) is -0.584. The molecule has 19 heteroatoms. The first kappa shape index (κ1) is 36.1. The average molecular weight is 648 g/mol. The number of aliphatic hydroxyl groups excluding tert-OH is 13. The van der Waals surface area contributed by atoms with E-state index in [9.17, 15) is 66.4 Å². The predicted molar refractivity (Wildman–Crippen MR) is 138 cm³/mol. The van der Waals surface area contributed by atoms with Gasteiger partial charge < -0.3 is 95.4 Å². The molecule has 1 saturated carbocycles. The van der Waals surface area contributed by atoms with E-state index < -0.39 is 142 Å². The Labute approximate surface area is 251 Å². The van der Waals surface area contributed by atoms with Crippen molar-refractivity contribution < 1.29 is 90.1 Å². The lowest BCUT2D eigenvalue weighted by Gasteiger charge is -2.49. The molecule has 14 N–H and O–H groups in total. The van der Waals surface area contributed by atoms with Crippen LogP contribution in [0.15, 0.2) is 0 Å². The van der Waals surface area contributed by atoms with Crippen LogP contribution in [0.25, 0.3) is 0 Å². The van der Waals surface area contributed by atoms with E-state index in [1.165, 1.54) is 6.92 Å². The molecule has 0 bridgehead atoms. The van der Waals surface area contributed by atoms with Crippen LogP contribution in [0.2, 0.25) is 0 Å². The average Bonchev–Trinajstić information content (AvgIpc) is 3.00. The van der Waals surface area contributed by atoms with Gasteiger partial charge in [0.25, 0.3) is 0 Å². The third kappa shape index (κ3) is 7.06. The van der Waals surface area contributed by atoms with Crippen LogP contribution < -0.4 is 5.32 Å². The third-order valence-corrected chi connectivity index (χ3v) is 8.89.